The van der Waals surface area contributed by atoms with Crippen molar-refractivity contribution in [1.82, 2.24) is 5.32 Å². The molecule has 0 unspecified atom stereocenters. The summed E-state index contributed by atoms with van der Waals surface area (Å²) in [6.45, 7) is 5.79. The average Bonchev–Trinajstić information content (AvgIpc) is 3.11. The van der Waals surface area contributed by atoms with Crippen LogP contribution in [0, 0.1) is 11.3 Å². The lowest BCUT2D eigenvalue weighted by atomic mass is 9.79. The third kappa shape index (κ3) is 3.18. The highest BCUT2D eigenvalue weighted by Gasteiger charge is 2.40. The number of amidine groups is 1. The van der Waals surface area contributed by atoms with Crippen molar-refractivity contribution in [3.63, 3.8) is 0 Å². The molecule has 0 aromatic carbocycles. The second kappa shape index (κ2) is 5.90. The minimum Gasteiger partial charge on any atom is -0.359 e. The van der Waals surface area contributed by atoms with Crippen LogP contribution in [0.15, 0.2) is 4.99 Å². The van der Waals surface area contributed by atoms with Crippen LogP contribution in [0.3, 0.4) is 0 Å². The van der Waals surface area contributed by atoms with Gasteiger partial charge in [-0.15, -0.1) is 0 Å². The van der Waals surface area contributed by atoms with Gasteiger partial charge in [-0.1, -0.05) is 51.3 Å². The summed E-state index contributed by atoms with van der Waals surface area (Å²) in [4.78, 5) is 5.02. The quantitative estimate of drug-likeness (QED) is 0.819. The van der Waals surface area contributed by atoms with Gasteiger partial charge in [0.2, 0.25) is 0 Å². The summed E-state index contributed by atoms with van der Waals surface area (Å²) in [5.74, 6) is 2.06. The van der Waals surface area contributed by atoms with Crippen molar-refractivity contribution in [2.24, 2.45) is 16.3 Å². The second-order valence-corrected chi connectivity index (χ2v) is 8.79. The van der Waals surface area contributed by atoms with E-state index in [9.17, 15) is 0 Å². The third-order valence-electron chi connectivity index (χ3n) is 5.48. The molecule has 0 amide bonds. The number of nitrogens with one attached hydrogen (secondary N) is 1. The molecule has 3 heteroatoms. The molecule has 114 valence electrons. The highest BCUT2D eigenvalue weighted by Crippen LogP contribution is 2.44. The summed E-state index contributed by atoms with van der Waals surface area (Å²) in [6, 6.07) is 0. The van der Waals surface area contributed by atoms with Gasteiger partial charge in [-0.2, -0.15) is 0 Å². The highest BCUT2D eigenvalue weighted by atomic mass is 32.2. The summed E-state index contributed by atoms with van der Waals surface area (Å²) < 4.78 is 0. The lowest BCUT2D eigenvalue weighted by molar-refractivity contribution is 0.245. The number of nitrogens with zero attached hydrogens (tertiary/aromatic N) is 1. The first-order chi connectivity index (χ1) is 9.62. The lowest BCUT2D eigenvalue weighted by Gasteiger charge is -2.29. The second-order valence-electron chi connectivity index (χ2n) is 7.83. The summed E-state index contributed by atoms with van der Waals surface area (Å²) in [7, 11) is 0. The Morgan fingerprint density at radius 2 is 1.75 bits per heavy atom. The van der Waals surface area contributed by atoms with E-state index in [2.05, 4.69) is 19.2 Å². The molecular formula is C17H30N2S. The Kier molecular flexibility index (Phi) is 4.35. The molecular weight excluding hydrogens is 264 g/mol. The van der Waals surface area contributed by atoms with E-state index in [4.69, 9.17) is 4.99 Å². The lowest BCUT2D eigenvalue weighted by Crippen LogP contribution is -2.41. The standard InChI is InChI=1S/C17H30N2S/c1-14(2)11-16(7-3-4-8-16)12-18-15-19-17(13-20-15)9-5-6-10-17/h14H,3-13H2,1-2H3,(H,18,19). The topological polar surface area (TPSA) is 24.4 Å². The van der Waals surface area contributed by atoms with Crippen molar-refractivity contribution in [1.29, 1.82) is 0 Å². The zero-order valence-electron chi connectivity index (χ0n) is 13.2. The highest BCUT2D eigenvalue weighted by molar-refractivity contribution is 8.14. The van der Waals surface area contributed by atoms with Gasteiger partial charge in [0, 0.05) is 17.8 Å². The summed E-state index contributed by atoms with van der Waals surface area (Å²) in [5, 5.41) is 5.03. The zero-order valence-corrected chi connectivity index (χ0v) is 14.0. The van der Waals surface area contributed by atoms with Crippen LogP contribution >= 0.6 is 11.8 Å². The number of thioether (sulfide) groups is 1. The Morgan fingerprint density at radius 1 is 1.10 bits per heavy atom. The molecule has 2 nitrogen and oxygen atoms in total. The molecule has 3 aliphatic rings. The van der Waals surface area contributed by atoms with Gasteiger partial charge >= 0.3 is 0 Å². The maximum absolute atomic E-state index is 5.02. The molecule has 0 radical (unpaired) electrons. The Morgan fingerprint density at radius 3 is 2.40 bits per heavy atom. The van der Waals surface area contributed by atoms with E-state index in [1.165, 1.54) is 68.7 Å². The molecule has 0 bridgehead atoms. The minimum absolute atomic E-state index is 0.421. The summed E-state index contributed by atoms with van der Waals surface area (Å²) in [5.41, 5.74) is 0.944. The fourth-order valence-corrected chi connectivity index (χ4v) is 5.79. The molecule has 2 saturated carbocycles. The predicted octanol–water partition coefficient (Wildman–Crippen LogP) is 4.60. The van der Waals surface area contributed by atoms with Crippen LogP contribution in [0.25, 0.3) is 0 Å². The molecule has 20 heavy (non-hydrogen) atoms. The molecule has 1 heterocycles. The summed E-state index contributed by atoms with van der Waals surface area (Å²) >= 11 is 1.98. The molecule has 1 N–H and O–H groups in total. The Balaban J connectivity index is 1.61. The maximum atomic E-state index is 5.02. The van der Waals surface area contributed by atoms with Crippen molar-refractivity contribution in [2.45, 2.75) is 77.2 Å². The van der Waals surface area contributed by atoms with Crippen LogP contribution in [0.5, 0.6) is 0 Å². The smallest absolute Gasteiger partial charge is 0.157 e. The largest absolute Gasteiger partial charge is 0.359 e. The fraction of sp³-hybridized carbons (Fsp3) is 0.941. The number of aliphatic imine (C=N–C) groups is 1. The van der Waals surface area contributed by atoms with E-state index in [0.29, 0.717) is 11.0 Å². The van der Waals surface area contributed by atoms with E-state index < -0.39 is 0 Å². The van der Waals surface area contributed by atoms with Crippen molar-refractivity contribution in [2.75, 3.05) is 12.3 Å². The van der Waals surface area contributed by atoms with Gasteiger partial charge in [-0.25, -0.2) is 0 Å². The first-order valence-electron chi connectivity index (χ1n) is 8.57. The molecule has 3 fully saturated rings. The molecule has 1 spiro atoms. The zero-order chi connectivity index (χ0) is 14.1. The molecule has 0 aromatic rings. The van der Waals surface area contributed by atoms with Gasteiger partial charge < -0.3 is 5.32 Å². The molecule has 3 rings (SSSR count). The van der Waals surface area contributed by atoms with E-state index in [1.807, 2.05) is 11.8 Å². The Bertz CT molecular complexity index is 363. The summed E-state index contributed by atoms with van der Waals surface area (Å²) in [6.07, 6.45) is 12.5. The minimum atomic E-state index is 0.421. The Labute approximate surface area is 128 Å². The predicted molar refractivity (Wildman–Crippen MR) is 89.5 cm³/mol. The first kappa shape index (κ1) is 14.7. The van der Waals surface area contributed by atoms with Gasteiger partial charge in [0.1, 0.15) is 0 Å². The first-order valence-corrected chi connectivity index (χ1v) is 9.56. The average molecular weight is 295 g/mol. The van der Waals surface area contributed by atoms with Crippen LogP contribution in [0.1, 0.15) is 71.6 Å². The number of hydrogen-bond acceptors (Lipinski definition) is 2. The SMILES string of the molecule is CC(C)CC1(CN=C2NC3(CCCC3)CS2)CCCC1. The van der Waals surface area contributed by atoms with Gasteiger partial charge in [-0.3, -0.25) is 4.99 Å². The van der Waals surface area contributed by atoms with Crippen molar-refractivity contribution < 1.29 is 0 Å². The molecule has 1 aliphatic heterocycles. The van der Waals surface area contributed by atoms with Crippen LogP contribution < -0.4 is 5.32 Å². The normalized spacial score (nSPS) is 29.6. The van der Waals surface area contributed by atoms with Gasteiger partial charge in [0.05, 0.1) is 0 Å². The van der Waals surface area contributed by atoms with Crippen LogP contribution in [0.2, 0.25) is 0 Å². The van der Waals surface area contributed by atoms with Gasteiger partial charge in [-0.05, 0) is 43.4 Å². The number of hydrogen-bond donors (Lipinski definition) is 1. The van der Waals surface area contributed by atoms with Crippen molar-refractivity contribution in [3.05, 3.63) is 0 Å². The van der Waals surface area contributed by atoms with Gasteiger partial charge in [0.15, 0.2) is 5.17 Å². The van der Waals surface area contributed by atoms with Gasteiger partial charge in [0.25, 0.3) is 0 Å². The molecule has 0 atom stereocenters. The third-order valence-corrected chi connectivity index (χ3v) is 6.68. The monoisotopic (exact) mass is 294 g/mol. The maximum Gasteiger partial charge on any atom is 0.157 e. The van der Waals surface area contributed by atoms with Crippen molar-refractivity contribution in [3.8, 4) is 0 Å². The molecule has 1 saturated heterocycles. The van der Waals surface area contributed by atoms with Crippen LogP contribution in [0.4, 0.5) is 0 Å². The van der Waals surface area contributed by atoms with E-state index in [1.54, 1.807) is 0 Å². The molecule has 0 aromatic heterocycles. The van der Waals surface area contributed by atoms with E-state index in [-0.39, 0.29) is 0 Å². The Hall–Kier alpha value is -0.180. The van der Waals surface area contributed by atoms with E-state index >= 15 is 0 Å². The van der Waals surface area contributed by atoms with Crippen molar-refractivity contribution >= 4 is 16.9 Å². The fourth-order valence-electron chi connectivity index (χ4n) is 4.57. The van der Waals surface area contributed by atoms with Crippen LogP contribution in [-0.4, -0.2) is 23.0 Å². The molecule has 2 aliphatic carbocycles. The number of rotatable bonds is 4. The van der Waals surface area contributed by atoms with E-state index in [0.717, 1.165) is 12.5 Å². The van der Waals surface area contributed by atoms with Crippen LogP contribution in [-0.2, 0) is 0 Å².